The lowest BCUT2D eigenvalue weighted by molar-refractivity contribution is 0.0993. The zero-order valence-corrected chi connectivity index (χ0v) is 9.43. The van der Waals surface area contributed by atoms with Crippen LogP contribution in [-0.4, -0.2) is 16.1 Å². The topological polar surface area (TPSA) is 32.9 Å². The summed E-state index contributed by atoms with van der Waals surface area (Å²) in [6, 6.07) is 7.76. The maximum atomic E-state index is 11.9. The molecule has 1 aromatic carbocycles. The number of hydrogen-bond acceptors (Lipinski definition) is 1. The van der Waals surface area contributed by atoms with Gasteiger partial charge >= 0.3 is 0 Å². The van der Waals surface area contributed by atoms with Crippen molar-refractivity contribution in [3.63, 3.8) is 0 Å². The van der Waals surface area contributed by atoms with Crippen molar-refractivity contribution in [1.29, 1.82) is 0 Å². The standard InChI is InChI=1S/C12H12ClNO/c1-7(13)12(15)11-8(2)14-10-6-4-3-5-9(10)11/h3-7,14H,1-2H3/t7-/m0/s1. The molecule has 2 nitrogen and oxygen atoms in total. The minimum Gasteiger partial charge on any atom is -0.358 e. The smallest absolute Gasteiger partial charge is 0.182 e. The molecular formula is C12H12ClNO. The third-order valence-corrected chi connectivity index (χ3v) is 2.70. The van der Waals surface area contributed by atoms with E-state index in [2.05, 4.69) is 4.98 Å². The van der Waals surface area contributed by atoms with E-state index < -0.39 is 5.38 Å². The lowest BCUT2D eigenvalue weighted by Gasteiger charge is -2.02. The first-order valence-electron chi connectivity index (χ1n) is 4.87. The Morgan fingerprint density at radius 3 is 2.73 bits per heavy atom. The fourth-order valence-electron chi connectivity index (χ4n) is 1.79. The molecule has 0 spiro atoms. The van der Waals surface area contributed by atoms with Gasteiger partial charge < -0.3 is 4.98 Å². The van der Waals surface area contributed by atoms with Crippen molar-refractivity contribution >= 4 is 28.3 Å². The molecule has 1 N–H and O–H groups in total. The van der Waals surface area contributed by atoms with Gasteiger partial charge in [-0.1, -0.05) is 18.2 Å². The molecule has 0 aliphatic rings. The molecule has 15 heavy (non-hydrogen) atoms. The van der Waals surface area contributed by atoms with E-state index in [0.717, 1.165) is 16.6 Å². The number of Topliss-reactive ketones (excluding diaryl/α,β-unsaturated/α-hetero) is 1. The Hall–Kier alpha value is -1.28. The summed E-state index contributed by atoms with van der Waals surface area (Å²) in [7, 11) is 0. The van der Waals surface area contributed by atoms with E-state index in [-0.39, 0.29) is 5.78 Å². The van der Waals surface area contributed by atoms with Gasteiger partial charge in [0.05, 0.1) is 5.38 Å². The molecule has 0 aliphatic carbocycles. The molecule has 1 heterocycles. The summed E-state index contributed by atoms with van der Waals surface area (Å²) < 4.78 is 0. The average molecular weight is 222 g/mol. The van der Waals surface area contributed by atoms with E-state index in [1.54, 1.807) is 6.92 Å². The summed E-state index contributed by atoms with van der Waals surface area (Å²) in [6.45, 7) is 3.59. The number of halogens is 1. The monoisotopic (exact) mass is 221 g/mol. The molecule has 0 amide bonds. The number of aromatic amines is 1. The summed E-state index contributed by atoms with van der Waals surface area (Å²) in [5.41, 5.74) is 2.58. The van der Waals surface area contributed by atoms with Crippen LogP contribution in [0.5, 0.6) is 0 Å². The molecule has 0 bridgehead atoms. The number of fused-ring (bicyclic) bond motifs is 1. The number of aromatic nitrogens is 1. The Morgan fingerprint density at radius 2 is 2.07 bits per heavy atom. The molecule has 2 aromatic rings. The van der Waals surface area contributed by atoms with Gasteiger partial charge in [-0.15, -0.1) is 11.6 Å². The first kappa shape index (κ1) is 10.2. The Bertz CT molecular complexity index is 513. The van der Waals surface area contributed by atoms with E-state index in [1.807, 2.05) is 31.2 Å². The molecule has 2 rings (SSSR count). The molecule has 1 atom stereocenters. The second-order valence-corrected chi connectivity index (χ2v) is 4.31. The molecule has 0 saturated carbocycles. The number of para-hydroxylation sites is 1. The van der Waals surface area contributed by atoms with Crippen molar-refractivity contribution in [2.45, 2.75) is 19.2 Å². The van der Waals surface area contributed by atoms with Crippen LogP contribution in [0.25, 0.3) is 10.9 Å². The third kappa shape index (κ3) is 1.65. The van der Waals surface area contributed by atoms with Crippen LogP contribution in [-0.2, 0) is 0 Å². The summed E-state index contributed by atoms with van der Waals surface area (Å²) in [5, 5.41) is 0.468. The minimum absolute atomic E-state index is 0.0217. The maximum absolute atomic E-state index is 11.9. The van der Waals surface area contributed by atoms with Crippen molar-refractivity contribution in [3.8, 4) is 0 Å². The molecular weight excluding hydrogens is 210 g/mol. The second kappa shape index (κ2) is 3.70. The van der Waals surface area contributed by atoms with E-state index in [4.69, 9.17) is 11.6 Å². The van der Waals surface area contributed by atoms with Crippen molar-refractivity contribution in [2.75, 3.05) is 0 Å². The number of hydrogen-bond donors (Lipinski definition) is 1. The fraction of sp³-hybridized carbons (Fsp3) is 0.250. The Balaban J connectivity index is 2.69. The van der Waals surface area contributed by atoms with Gasteiger partial charge in [0.1, 0.15) is 0 Å². The molecule has 1 aromatic heterocycles. The van der Waals surface area contributed by atoms with Crippen molar-refractivity contribution in [1.82, 2.24) is 4.98 Å². The van der Waals surface area contributed by atoms with E-state index in [1.165, 1.54) is 0 Å². The van der Waals surface area contributed by atoms with E-state index >= 15 is 0 Å². The minimum atomic E-state index is -0.483. The van der Waals surface area contributed by atoms with Gasteiger partial charge in [0.2, 0.25) is 0 Å². The van der Waals surface area contributed by atoms with Gasteiger partial charge in [0.15, 0.2) is 5.78 Å². The summed E-state index contributed by atoms with van der Waals surface area (Å²) in [4.78, 5) is 15.1. The summed E-state index contributed by atoms with van der Waals surface area (Å²) in [6.07, 6.45) is 0. The number of ketones is 1. The Kier molecular flexibility index (Phi) is 2.53. The van der Waals surface area contributed by atoms with Gasteiger partial charge in [-0.05, 0) is 19.9 Å². The summed E-state index contributed by atoms with van der Waals surface area (Å²) >= 11 is 5.83. The normalized spacial score (nSPS) is 13.0. The fourth-order valence-corrected chi connectivity index (χ4v) is 1.90. The molecule has 0 aliphatic heterocycles. The zero-order chi connectivity index (χ0) is 11.0. The van der Waals surface area contributed by atoms with Crippen LogP contribution < -0.4 is 0 Å². The van der Waals surface area contributed by atoms with Crippen molar-refractivity contribution < 1.29 is 4.79 Å². The molecule has 78 valence electrons. The van der Waals surface area contributed by atoms with Gasteiger partial charge in [-0.3, -0.25) is 4.79 Å². The molecule has 0 fully saturated rings. The maximum Gasteiger partial charge on any atom is 0.182 e. The number of aryl methyl sites for hydroxylation is 1. The SMILES string of the molecule is Cc1[nH]c2ccccc2c1C(=O)[C@H](C)Cl. The highest BCUT2D eigenvalue weighted by Gasteiger charge is 2.19. The first-order chi connectivity index (χ1) is 7.11. The van der Waals surface area contributed by atoms with Crippen LogP contribution in [0, 0.1) is 6.92 Å². The highest BCUT2D eigenvalue weighted by atomic mass is 35.5. The van der Waals surface area contributed by atoms with Gasteiger partial charge in [0, 0.05) is 22.2 Å². The zero-order valence-electron chi connectivity index (χ0n) is 8.67. The Morgan fingerprint density at radius 1 is 1.40 bits per heavy atom. The van der Waals surface area contributed by atoms with Crippen LogP contribution in [0.4, 0.5) is 0 Å². The predicted octanol–water partition coefficient (Wildman–Crippen LogP) is 3.29. The van der Waals surface area contributed by atoms with Crippen LogP contribution >= 0.6 is 11.6 Å². The van der Waals surface area contributed by atoms with Crippen LogP contribution in [0.15, 0.2) is 24.3 Å². The third-order valence-electron chi connectivity index (χ3n) is 2.50. The number of nitrogens with one attached hydrogen (secondary N) is 1. The summed E-state index contributed by atoms with van der Waals surface area (Å²) in [5.74, 6) is -0.0217. The van der Waals surface area contributed by atoms with Crippen molar-refractivity contribution in [3.05, 3.63) is 35.5 Å². The number of alkyl halides is 1. The molecule has 0 unspecified atom stereocenters. The van der Waals surface area contributed by atoms with Gasteiger partial charge in [-0.25, -0.2) is 0 Å². The van der Waals surface area contributed by atoms with Crippen LogP contribution in [0.3, 0.4) is 0 Å². The average Bonchev–Trinajstić information content (AvgIpc) is 2.52. The van der Waals surface area contributed by atoms with Crippen LogP contribution in [0.2, 0.25) is 0 Å². The molecule has 3 heteroatoms. The highest BCUT2D eigenvalue weighted by molar-refractivity contribution is 6.35. The number of rotatable bonds is 2. The van der Waals surface area contributed by atoms with Crippen molar-refractivity contribution in [2.24, 2.45) is 0 Å². The quantitative estimate of drug-likeness (QED) is 0.613. The lowest BCUT2D eigenvalue weighted by Crippen LogP contribution is -2.11. The number of benzene rings is 1. The number of H-pyrrole nitrogens is 1. The number of carbonyl (C=O) groups is 1. The first-order valence-corrected chi connectivity index (χ1v) is 5.30. The van der Waals surface area contributed by atoms with Gasteiger partial charge in [0.25, 0.3) is 0 Å². The van der Waals surface area contributed by atoms with Crippen LogP contribution in [0.1, 0.15) is 23.0 Å². The molecule has 0 saturated heterocycles. The Labute approximate surface area is 93.2 Å². The second-order valence-electron chi connectivity index (χ2n) is 3.65. The number of carbonyl (C=O) groups excluding carboxylic acids is 1. The van der Waals surface area contributed by atoms with Gasteiger partial charge in [-0.2, -0.15) is 0 Å². The highest BCUT2D eigenvalue weighted by Crippen LogP contribution is 2.24. The van der Waals surface area contributed by atoms with E-state index in [9.17, 15) is 4.79 Å². The van der Waals surface area contributed by atoms with E-state index in [0.29, 0.717) is 5.56 Å². The lowest BCUT2D eigenvalue weighted by atomic mass is 10.1. The molecule has 0 radical (unpaired) electrons. The largest absolute Gasteiger partial charge is 0.358 e. The predicted molar refractivity (Wildman–Crippen MR) is 62.7 cm³/mol.